The number of hydrogen-bond acceptors (Lipinski definition) is 4. The van der Waals surface area contributed by atoms with Crippen molar-refractivity contribution >= 4 is 12.1 Å². The zero-order valence-corrected chi connectivity index (χ0v) is 13.1. The highest BCUT2D eigenvalue weighted by atomic mass is 16.4. The number of carbonyl (C=O) groups excluding carboxylic acids is 1. The Morgan fingerprint density at radius 2 is 2.09 bits per heavy atom. The molecule has 0 aliphatic rings. The molecule has 3 N–H and O–H groups in total. The highest BCUT2D eigenvalue weighted by Gasteiger charge is 2.08. The van der Waals surface area contributed by atoms with E-state index in [1.165, 1.54) is 22.9 Å². The molecule has 2 aromatic rings. The van der Waals surface area contributed by atoms with Crippen LogP contribution < -0.4 is 10.2 Å². The van der Waals surface area contributed by atoms with Crippen LogP contribution in [0.1, 0.15) is 21.6 Å². The zero-order valence-electron chi connectivity index (χ0n) is 13.1. The predicted octanol–water partition coefficient (Wildman–Crippen LogP) is 0.334. The quantitative estimate of drug-likeness (QED) is 0.392. The molecular weight excluding hydrogens is 292 g/mol. The Morgan fingerprint density at radius 3 is 2.74 bits per heavy atom. The van der Waals surface area contributed by atoms with Crippen molar-refractivity contribution in [1.29, 1.82) is 0 Å². The molecule has 0 bridgehead atoms. The van der Waals surface area contributed by atoms with Crippen LogP contribution in [-0.4, -0.2) is 42.5 Å². The summed E-state index contributed by atoms with van der Waals surface area (Å²) in [5.41, 5.74) is 2.26. The molecule has 2 rings (SSSR count). The Hall–Kier alpha value is -2.73. The molecule has 1 aromatic carbocycles. The van der Waals surface area contributed by atoms with Gasteiger partial charge in [-0.15, -0.1) is 0 Å². The van der Waals surface area contributed by atoms with Crippen molar-refractivity contribution in [3.05, 3.63) is 65.5 Å². The molecule has 0 radical (unpaired) electrons. The third-order valence-corrected chi connectivity index (χ3v) is 3.42. The molecule has 0 saturated carbocycles. The monoisotopic (exact) mass is 313 g/mol. The number of oxime groups is 1. The fraction of sp³-hybridized carbons (Fsp3) is 0.235. The molecule has 1 atom stereocenters. The summed E-state index contributed by atoms with van der Waals surface area (Å²) >= 11 is 0. The first-order chi connectivity index (χ1) is 11.2. The standard InChI is InChI=1S/C17H20N4O2/c1-21(13-14-5-3-2-4-6-14)10-9-18-17(22)15-7-8-16(12-20-23)19-11-15/h2-8,11-12,23H,9-10,13H2,1H3,(H,18,22)/p+1/b20-12+. The maximum absolute atomic E-state index is 12.0. The number of carbonyl (C=O) groups is 1. The smallest absolute Gasteiger partial charge is 0.253 e. The van der Waals surface area contributed by atoms with E-state index < -0.39 is 0 Å². The van der Waals surface area contributed by atoms with Crippen molar-refractivity contribution in [2.24, 2.45) is 5.16 Å². The molecular formula is C17H21N4O2+. The zero-order chi connectivity index (χ0) is 16.5. The first kappa shape index (κ1) is 16.6. The molecule has 0 aliphatic heterocycles. The van der Waals surface area contributed by atoms with Gasteiger partial charge in [0.25, 0.3) is 5.91 Å². The minimum atomic E-state index is -0.155. The maximum Gasteiger partial charge on any atom is 0.253 e. The van der Waals surface area contributed by atoms with Crippen LogP contribution in [0.4, 0.5) is 0 Å². The second kappa shape index (κ2) is 8.65. The first-order valence-corrected chi connectivity index (χ1v) is 7.46. The molecule has 1 aromatic heterocycles. The summed E-state index contributed by atoms with van der Waals surface area (Å²) in [7, 11) is 2.10. The lowest BCUT2D eigenvalue weighted by Crippen LogP contribution is -3.08. The third kappa shape index (κ3) is 5.52. The van der Waals surface area contributed by atoms with Gasteiger partial charge >= 0.3 is 0 Å². The van der Waals surface area contributed by atoms with E-state index >= 15 is 0 Å². The summed E-state index contributed by atoms with van der Waals surface area (Å²) in [6.07, 6.45) is 2.68. The Morgan fingerprint density at radius 1 is 1.30 bits per heavy atom. The number of rotatable bonds is 7. The second-order valence-corrected chi connectivity index (χ2v) is 5.34. The number of benzene rings is 1. The summed E-state index contributed by atoms with van der Waals surface area (Å²) in [6.45, 7) is 2.36. The van der Waals surface area contributed by atoms with E-state index in [0.717, 1.165) is 13.1 Å². The van der Waals surface area contributed by atoms with Crippen LogP contribution in [-0.2, 0) is 6.54 Å². The number of nitrogens with one attached hydrogen (secondary N) is 2. The topological polar surface area (TPSA) is 79.0 Å². The molecule has 6 nitrogen and oxygen atoms in total. The van der Waals surface area contributed by atoms with E-state index in [4.69, 9.17) is 5.21 Å². The largest absolute Gasteiger partial charge is 0.411 e. The van der Waals surface area contributed by atoms with E-state index in [2.05, 4.69) is 34.6 Å². The molecule has 0 saturated heterocycles. The van der Waals surface area contributed by atoms with Gasteiger partial charge in [0, 0.05) is 11.8 Å². The van der Waals surface area contributed by atoms with Gasteiger partial charge in [0.05, 0.1) is 37.6 Å². The molecule has 120 valence electrons. The van der Waals surface area contributed by atoms with Gasteiger partial charge in [-0.05, 0) is 12.1 Å². The molecule has 0 fully saturated rings. The molecule has 1 unspecified atom stereocenters. The summed E-state index contributed by atoms with van der Waals surface area (Å²) in [5.74, 6) is -0.155. The van der Waals surface area contributed by atoms with E-state index in [9.17, 15) is 4.79 Å². The number of nitrogens with zero attached hydrogens (tertiary/aromatic N) is 2. The van der Waals surface area contributed by atoms with Gasteiger partial charge in [-0.2, -0.15) is 0 Å². The third-order valence-electron chi connectivity index (χ3n) is 3.42. The van der Waals surface area contributed by atoms with Gasteiger partial charge in [-0.25, -0.2) is 0 Å². The number of pyridine rings is 1. The van der Waals surface area contributed by atoms with Crippen LogP contribution >= 0.6 is 0 Å². The van der Waals surface area contributed by atoms with Gasteiger partial charge in [0.2, 0.25) is 0 Å². The minimum Gasteiger partial charge on any atom is -0.411 e. The van der Waals surface area contributed by atoms with Crippen molar-refractivity contribution in [2.45, 2.75) is 6.54 Å². The van der Waals surface area contributed by atoms with Gasteiger partial charge in [-0.1, -0.05) is 35.5 Å². The van der Waals surface area contributed by atoms with E-state index in [1.807, 2.05) is 18.2 Å². The van der Waals surface area contributed by atoms with Crippen LogP contribution in [0.2, 0.25) is 0 Å². The van der Waals surface area contributed by atoms with Crippen LogP contribution in [0.25, 0.3) is 0 Å². The maximum atomic E-state index is 12.0. The van der Waals surface area contributed by atoms with Crippen molar-refractivity contribution in [1.82, 2.24) is 10.3 Å². The average Bonchev–Trinajstić information content (AvgIpc) is 2.56. The van der Waals surface area contributed by atoms with Crippen LogP contribution in [0.15, 0.2) is 53.8 Å². The lowest BCUT2D eigenvalue weighted by Gasteiger charge is -2.14. The Labute approximate surface area is 135 Å². The molecule has 6 heteroatoms. The van der Waals surface area contributed by atoms with Crippen LogP contribution in [0.3, 0.4) is 0 Å². The normalized spacial score (nSPS) is 12.2. The fourth-order valence-corrected chi connectivity index (χ4v) is 2.20. The summed E-state index contributed by atoms with van der Waals surface area (Å²) in [4.78, 5) is 17.3. The van der Waals surface area contributed by atoms with Crippen molar-refractivity contribution in [2.75, 3.05) is 20.1 Å². The molecule has 1 amide bonds. The van der Waals surface area contributed by atoms with E-state index in [1.54, 1.807) is 12.1 Å². The van der Waals surface area contributed by atoms with Crippen LogP contribution in [0.5, 0.6) is 0 Å². The van der Waals surface area contributed by atoms with Gasteiger partial charge in [-0.3, -0.25) is 9.78 Å². The number of likely N-dealkylation sites (N-methyl/N-ethyl adjacent to an activating group) is 1. The van der Waals surface area contributed by atoms with Crippen molar-refractivity contribution in [3.63, 3.8) is 0 Å². The molecule has 0 spiro atoms. The minimum absolute atomic E-state index is 0.155. The van der Waals surface area contributed by atoms with E-state index in [-0.39, 0.29) is 5.91 Å². The van der Waals surface area contributed by atoms with Gasteiger partial charge < -0.3 is 15.4 Å². The highest BCUT2D eigenvalue weighted by molar-refractivity contribution is 5.94. The van der Waals surface area contributed by atoms with Crippen LogP contribution in [0, 0.1) is 0 Å². The second-order valence-electron chi connectivity index (χ2n) is 5.34. The van der Waals surface area contributed by atoms with Crippen molar-refractivity contribution in [3.8, 4) is 0 Å². The highest BCUT2D eigenvalue weighted by Crippen LogP contribution is 1.98. The lowest BCUT2D eigenvalue weighted by atomic mass is 10.2. The Balaban J connectivity index is 1.75. The SMILES string of the molecule is C[NH+](CCNC(=O)c1ccc(/C=N/O)nc1)Cc1ccccc1. The summed E-state index contributed by atoms with van der Waals surface area (Å²) < 4.78 is 0. The fourth-order valence-electron chi connectivity index (χ4n) is 2.20. The molecule has 23 heavy (non-hydrogen) atoms. The number of amides is 1. The number of quaternary nitrogens is 1. The average molecular weight is 313 g/mol. The number of aromatic nitrogens is 1. The lowest BCUT2D eigenvalue weighted by molar-refractivity contribution is -0.892. The molecule has 0 aliphatic carbocycles. The predicted molar refractivity (Wildman–Crippen MR) is 87.9 cm³/mol. The first-order valence-electron chi connectivity index (χ1n) is 7.46. The number of hydrogen-bond donors (Lipinski definition) is 3. The van der Waals surface area contributed by atoms with Gasteiger partial charge in [0.1, 0.15) is 6.54 Å². The van der Waals surface area contributed by atoms with Crippen molar-refractivity contribution < 1.29 is 14.9 Å². The van der Waals surface area contributed by atoms with E-state index in [0.29, 0.717) is 17.8 Å². The summed E-state index contributed by atoms with van der Waals surface area (Å²) in [6, 6.07) is 13.5. The summed E-state index contributed by atoms with van der Waals surface area (Å²) in [5, 5.41) is 14.2. The Kier molecular flexibility index (Phi) is 6.26. The van der Waals surface area contributed by atoms with Gasteiger partial charge in [0.15, 0.2) is 0 Å². The molecule has 1 heterocycles. The Bertz CT molecular complexity index is 641.